The fraction of sp³-hybridized carbons (Fsp3) is 0.909. The Labute approximate surface area is 82.1 Å². The van der Waals surface area contributed by atoms with E-state index >= 15 is 0 Å². The molecule has 2 heteroatoms. The van der Waals surface area contributed by atoms with Crippen LogP contribution >= 0.6 is 0 Å². The number of hydrogen-bond acceptors (Lipinski definition) is 1. The number of carbonyl (C=O) groups excluding carboxylic acids is 1. The first-order valence-electron chi connectivity index (χ1n) is 5.39. The van der Waals surface area contributed by atoms with Crippen LogP contribution in [0.5, 0.6) is 0 Å². The van der Waals surface area contributed by atoms with E-state index in [9.17, 15) is 4.79 Å². The maximum atomic E-state index is 11.1. The monoisotopic (exact) mass is 185 g/mol. The molecule has 2 nitrogen and oxygen atoms in total. The molecule has 0 aromatic carbocycles. The first-order chi connectivity index (χ1) is 6.10. The summed E-state index contributed by atoms with van der Waals surface area (Å²) in [4.78, 5) is 11.1. The zero-order valence-electron chi connectivity index (χ0n) is 9.44. The predicted octanol–water partition coefficient (Wildman–Crippen LogP) is 2.87. The molecule has 78 valence electrons. The summed E-state index contributed by atoms with van der Waals surface area (Å²) >= 11 is 0. The Balaban J connectivity index is 4.33. The molecule has 0 aliphatic heterocycles. The van der Waals surface area contributed by atoms with Gasteiger partial charge in [0.2, 0.25) is 5.91 Å². The van der Waals surface area contributed by atoms with E-state index in [1.807, 2.05) is 0 Å². The minimum absolute atomic E-state index is 0.0648. The molecule has 1 amide bonds. The summed E-state index contributed by atoms with van der Waals surface area (Å²) in [7, 11) is 0. The highest BCUT2D eigenvalue weighted by molar-refractivity contribution is 5.73. The standard InChI is InChI=1S/C11H23NO/c1-5-8-11(7-3,9-6-2)12-10(4)13/h5-9H2,1-4H3,(H,12,13). The van der Waals surface area contributed by atoms with Crippen molar-refractivity contribution in [2.75, 3.05) is 0 Å². The van der Waals surface area contributed by atoms with Crippen molar-refractivity contribution in [3.05, 3.63) is 0 Å². The van der Waals surface area contributed by atoms with Gasteiger partial charge in [-0.05, 0) is 19.3 Å². The summed E-state index contributed by atoms with van der Waals surface area (Å²) in [6, 6.07) is 0. The van der Waals surface area contributed by atoms with Crippen molar-refractivity contribution in [2.24, 2.45) is 0 Å². The minimum atomic E-state index is 0.0648. The van der Waals surface area contributed by atoms with Crippen LogP contribution in [-0.2, 0) is 4.79 Å². The topological polar surface area (TPSA) is 29.1 Å². The smallest absolute Gasteiger partial charge is 0.217 e. The van der Waals surface area contributed by atoms with Crippen LogP contribution in [0.1, 0.15) is 59.8 Å². The Kier molecular flexibility index (Phi) is 5.76. The van der Waals surface area contributed by atoms with E-state index in [4.69, 9.17) is 0 Å². The van der Waals surface area contributed by atoms with Crippen LogP contribution in [0.4, 0.5) is 0 Å². The molecule has 0 bridgehead atoms. The molecule has 0 aliphatic carbocycles. The second kappa shape index (κ2) is 6.01. The van der Waals surface area contributed by atoms with E-state index in [1.54, 1.807) is 6.92 Å². The van der Waals surface area contributed by atoms with E-state index in [1.165, 1.54) is 0 Å². The largest absolute Gasteiger partial charge is 0.351 e. The predicted molar refractivity (Wildman–Crippen MR) is 56.7 cm³/mol. The lowest BCUT2D eigenvalue weighted by Gasteiger charge is -2.33. The molecule has 0 heterocycles. The van der Waals surface area contributed by atoms with Crippen LogP contribution in [0, 0.1) is 0 Å². The van der Waals surface area contributed by atoms with Crippen LogP contribution in [-0.4, -0.2) is 11.4 Å². The third-order valence-electron chi connectivity index (χ3n) is 2.58. The lowest BCUT2D eigenvalue weighted by molar-refractivity contribution is -0.121. The summed E-state index contributed by atoms with van der Waals surface area (Å²) in [5, 5.41) is 3.11. The summed E-state index contributed by atoms with van der Waals surface area (Å²) in [5.41, 5.74) is 0.0648. The highest BCUT2D eigenvalue weighted by Gasteiger charge is 2.26. The van der Waals surface area contributed by atoms with Crippen LogP contribution in [0.2, 0.25) is 0 Å². The summed E-state index contributed by atoms with van der Waals surface area (Å²) in [6.07, 6.45) is 5.49. The van der Waals surface area contributed by atoms with Gasteiger partial charge < -0.3 is 5.32 Å². The average molecular weight is 185 g/mol. The molecular weight excluding hydrogens is 162 g/mol. The lowest BCUT2D eigenvalue weighted by Crippen LogP contribution is -2.46. The van der Waals surface area contributed by atoms with Crippen molar-refractivity contribution in [3.63, 3.8) is 0 Å². The first kappa shape index (κ1) is 12.5. The van der Waals surface area contributed by atoms with Crippen LogP contribution in [0.25, 0.3) is 0 Å². The van der Waals surface area contributed by atoms with Crippen LogP contribution < -0.4 is 5.32 Å². The highest BCUT2D eigenvalue weighted by atomic mass is 16.1. The summed E-state index contributed by atoms with van der Waals surface area (Å²) < 4.78 is 0. The number of carbonyl (C=O) groups is 1. The van der Waals surface area contributed by atoms with Crippen LogP contribution in [0.3, 0.4) is 0 Å². The van der Waals surface area contributed by atoms with Crippen molar-refractivity contribution in [1.29, 1.82) is 0 Å². The Bertz CT molecular complexity index is 148. The molecule has 0 radical (unpaired) electrons. The van der Waals surface area contributed by atoms with Crippen molar-refractivity contribution in [3.8, 4) is 0 Å². The maximum absolute atomic E-state index is 11.1. The molecule has 0 unspecified atom stereocenters. The molecule has 0 aliphatic rings. The first-order valence-corrected chi connectivity index (χ1v) is 5.39. The van der Waals surface area contributed by atoms with Gasteiger partial charge in [-0.2, -0.15) is 0 Å². The molecule has 0 atom stereocenters. The number of hydrogen-bond donors (Lipinski definition) is 1. The zero-order valence-corrected chi connectivity index (χ0v) is 9.44. The molecule has 0 fully saturated rings. The van der Waals surface area contributed by atoms with Gasteiger partial charge >= 0.3 is 0 Å². The second-order valence-corrected chi connectivity index (χ2v) is 3.82. The molecule has 13 heavy (non-hydrogen) atoms. The Morgan fingerprint density at radius 1 is 1.15 bits per heavy atom. The number of nitrogens with one attached hydrogen (secondary N) is 1. The van der Waals surface area contributed by atoms with Crippen molar-refractivity contribution >= 4 is 5.91 Å². The Hall–Kier alpha value is -0.530. The zero-order chi connectivity index (χ0) is 10.3. The number of amides is 1. The van der Waals surface area contributed by atoms with Gasteiger partial charge in [-0.1, -0.05) is 33.6 Å². The third-order valence-corrected chi connectivity index (χ3v) is 2.58. The molecule has 0 aromatic heterocycles. The van der Waals surface area contributed by atoms with Crippen molar-refractivity contribution in [2.45, 2.75) is 65.3 Å². The normalized spacial score (nSPS) is 11.4. The molecule has 0 aromatic rings. The van der Waals surface area contributed by atoms with E-state index in [0.29, 0.717) is 0 Å². The van der Waals surface area contributed by atoms with Gasteiger partial charge in [0.1, 0.15) is 0 Å². The van der Waals surface area contributed by atoms with E-state index in [0.717, 1.165) is 32.1 Å². The van der Waals surface area contributed by atoms with Crippen LogP contribution in [0.15, 0.2) is 0 Å². The van der Waals surface area contributed by atoms with Gasteiger partial charge in [0, 0.05) is 12.5 Å². The fourth-order valence-corrected chi connectivity index (χ4v) is 2.02. The van der Waals surface area contributed by atoms with Gasteiger partial charge in [0.15, 0.2) is 0 Å². The van der Waals surface area contributed by atoms with Gasteiger partial charge in [0.25, 0.3) is 0 Å². The molecular formula is C11H23NO. The molecule has 1 N–H and O–H groups in total. The molecule has 0 saturated carbocycles. The summed E-state index contributed by atoms with van der Waals surface area (Å²) in [6.45, 7) is 8.10. The van der Waals surface area contributed by atoms with Gasteiger partial charge in [-0.25, -0.2) is 0 Å². The highest BCUT2D eigenvalue weighted by Crippen LogP contribution is 2.23. The second-order valence-electron chi connectivity index (χ2n) is 3.82. The van der Waals surface area contributed by atoms with E-state index in [2.05, 4.69) is 26.1 Å². The molecule has 0 spiro atoms. The molecule has 0 saturated heterocycles. The third kappa shape index (κ3) is 4.30. The number of rotatable bonds is 6. The SMILES string of the molecule is CCCC(CC)(CCC)NC(C)=O. The molecule has 0 rings (SSSR count). The van der Waals surface area contributed by atoms with E-state index < -0.39 is 0 Å². The summed E-state index contributed by atoms with van der Waals surface area (Å²) in [5.74, 6) is 0.101. The Morgan fingerprint density at radius 2 is 1.62 bits per heavy atom. The minimum Gasteiger partial charge on any atom is -0.351 e. The van der Waals surface area contributed by atoms with Gasteiger partial charge in [0.05, 0.1) is 0 Å². The van der Waals surface area contributed by atoms with Crippen molar-refractivity contribution in [1.82, 2.24) is 5.32 Å². The fourth-order valence-electron chi connectivity index (χ4n) is 2.02. The quantitative estimate of drug-likeness (QED) is 0.677. The van der Waals surface area contributed by atoms with Gasteiger partial charge in [-0.15, -0.1) is 0 Å². The maximum Gasteiger partial charge on any atom is 0.217 e. The average Bonchev–Trinajstić information content (AvgIpc) is 2.04. The Morgan fingerprint density at radius 3 is 1.85 bits per heavy atom. The van der Waals surface area contributed by atoms with E-state index in [-0.39, 0.29) is 11.4 Å². The van der Waals surface area contributed by atoms with Gasteiger partial charge in [-0.3, -0.25) is 4.79 Å². The van der Waals surface area contributed by atoms with Crippen molar-refractivity contribution < 1.29 is 4.79 Å². The lowest BCUT2D eigenvalue weighted by atomic mass is 9.86.